The molecule has 0 bridgehead atoms. The van der Waals surface area contributed by atoms with Gasteiger partial charge in [-0.15, -0.1) is 0 Å². The third-order valence-electron chi connectivity index (χ3n) is 3.44. The van der Waals surface area contributed by atoms with E-state index in [1.165, 1.54) is 30.9 Å². The van der Waals surface area contributed by atoms with Crippen LogP contribution in [0.2, 0.25) is 0 Å². The molecule has 1 aromatic heterocycles. The first-order chi connectivity index (χ1) is 9.65. The van der Waals surface area contributed by atoms with Gasteiger partial charge in [0.05, 0.1) is 12.1 Å². The van der Waals surface area contributed by atoms with Crippen LogP contribution in [0.25, 0.3) is 0 Å². The Labute approximate surface area is 117 Å². The SMILES string of the molecule is O=C(CNC(=O)c1cc[n+]([O-])cc1)NC1CCCCC1. The van der Waals surface area contributed by atoms with Crippen LogP contribution in [0.5, 0.6) is 0 Å². The Morgan fingerprint density at radius 3 is 2.50 bits per heavy atom. The number of hydrogen-bond donors (Lipinski definition) is 2. The smallest absolute Gasteiger partial charge is 0.252 e. The van der Waals surface area contributed by atoms with Gasteiger partial charge in [0.15, 0.2) is 12.4 Å². The molecule has 2 amide bonds. The molecule has 0 aliphatic heterocycles. The largest absolute Gasteiger partial charge is 0.619 e. The van der Waals surface area contributed by atoms with Crippen molar-refractivity contribution in [2.75, 3.05) is 6.54 Å². The van der Waals surface area contributed by atoms with Crippen LogP contribution in [-0.2, 0) is 4.79 Å². The molecule has 6 nitrogen and oxygen atoms in total. The van der Waals surface area contributed by atoms with Crippen molar-refractivity contribution in [2.24, 2.45) is 0 Å². The summed E-state index contributed by atoms with van der Waals surface area (Å²) in [6.07, 6.45) is 8.06. The van der Waals surface area contributed by atoms with Gasteiger partial charge in [0.25, 0.3) is 5.91 Å². The van der Waals surface area contributed by atoms with Crippen LogP contribution in [0.4, 0.5) is 0 Å². The second-order valence-corrected chi connectivity index (χ2v) is 5.03. The zero-order valence-corrected chi connectivity index (χ0v) is 11.3. The molecule has 1 aromatic rings. The predicted molar refractivity (Wildman–Crippen MR) is 72.8 cm³/mol. The van der Waals surface area contributed by atoms with E-state index in [9.17, 15) is 14.8 Å². The molecule has 0 spiro atoms. The Bertz CT molecular complexity index is 467. The highest BCUT2D eigenvalue weighted by atomic mass is 16.5. The molecule has 108 valence electrons. The maximum Gasteiger partial charge on any atom is 0.252 e. The minimum Gasteiger partial charge on any atom is -0.619 e. The van der Waals surface area contributed by atoms with Crippen molar-refractivity contribution in [3.05, 3.63) is 35.3 Å². The number of amides is 2. The van der Waals surface area contributed by atoms with Gasteiger partial charge in [-0.2, -0.15) is 4.73 Å². The van der Waals surface area contributed by atoms with Crippen LogP contribution < -0.4 is 15.4 Å². The summed E-state index contributed by atoms with van der Waals surface area (Å²) in [7, 11) is 0. The normalized spacial score (nSPS) is 15.6. The molecule has 20 heavy (non-hydrogen) atoms. The van der Waals surface area contributed by atoms with Gasteiger partial charge in [-0.1, -0.05) is 19.3 Å². The summed E-state index contributed by atoms with van der Waals surface area (Å²) in [6, 6.07) is 3.08. The summed E-state index contributed by atoms with van der Waals surface area (Å²) in [4.78, 5) is 23.5. The van der Waals surface area contributed by atoms with Gasteiger partial charge in [-0.3, -0.25) is 9.59 Å². The number of carbonyl (C=O) groups is 2. The van der Waals surface area contributed by atoms with E-state index in [0.29, 0.717) is 10.3 Å². The van der Waals surface area contributed by atoms with Crippen molar-refractivity contribution in [1.29, 1.82) is 0 Å². The van der Waals surface area contributed by atoms with Gasteiger partial charge >= 0.3 is 0 Å². The maximum atomic E-state index is 11.8. The summed E-state index contributed by atoms with van der Waals surface area (Å²) in [5, 5.41) is 16.3. The summed E-state index contributed by atoms with van der Waals surface area (Å²) in [5.74, 6) is -0.524. The molecule has 1 aliphatic carbocycles. The lowest BCUT2D eigenvalue weighted by Crippen LogP contribution is -2.42. The van der Waals surface area contributed by atoms with Gasteiger partial charge in [0.1, 0.15) is 0 Å². The molecule has 6 heteroatoms. The van der Waals surface area contributed by atoms with Crippen LogP contribution in [0.15, 0.2) is 24.5 Å². The number of aromatic nitrogens is 1. The zero-order valence-electron chi connectivity index (χ0n) is 11.3. The molecule has 0 atom stereocenters. The van der Waals surface area contributed by atoms with Crippen molar-refractivity contribution < 1.29 is 14.3 Å². The van der Waals surface area contributed by atoms with Crippen molar-refractivity contribution in [3.63, 3.8) is 0 Å². The minimum absolute atomic E-state index is 0.0401. The zero-order chi connectivity index (χ0) is 14.4. The van der Waals surface area contributed by atoms with E-state index in [4.69, 9.17) is 0 Å². The number of hydrogen-bond acceptors (Lipinski definition) is 3. The van der Waals surface area contributed by atoms with E-state index in [1.54, 1.807) is 0 Å². The molecule has 1 saturated carbocycles. The fraction of sp³-hybridized carbons (Fsp3) is 0.500. The van der Waals surface area contributed by atoms with Gasteiger partial charge in [0.2, 0.25) is 5.91 Å². The summed E-state index contributed by atoms with van der Waals surface area (Å²) >= 11 is 0. The first-order valence-electron chi connectivity index (χ1n) is 6.91. The molecule has 0 radical (unpaired) electrons. The van der Waals surface area contributed by atoms with Gasteiger partial charge in [0, 0.05) is 18.2 Å². The molecule has 0 aromatic carbocycles. The Morgan fingerprint density at radius 2 is 1.85 bits per heavy atom. The first-order valence-corrected chi connectivity index (χ1v) is 6.91. The van der Waals surface area contributed by atoms with E-state index >= 15 is 0 Å². The average Bonchev–Trinajstić information content (AvgIpc) is 2.46. The molecule has 0 saturated heterocycles. The van der Waals surface area contributed by atoms with E-state index in [-0.39, 0.29) is 24.4 Å². The molecule has 2 rings (SSSR count). The Balaban J connectivity index is 1.75. The summed E-state index contributed by atoms with van der Waals surface area (Å²) in [5.41, 5.74) is 0.363. The van der Waals surface area contributed by atoms with Gasteiger partial charge in [-0.25, -0.2) is 0 Å². The average molecular weight is 277 g/mol. The standard InChI is InChI=1S/C14H19N3O3/c18-13(16-12-4-2-1-3-5-12)10-15-14(19)11-6-8-17(20)9-7-11/h6-9,12H,1-5,10H2,(H,15,19)(H,16,18). The quantitative estimate of drug-likeness (QED) is 0.620. The van der Waals surface area contributed by atoms with E-state index in [2.05, 4.69) is 10.6 Å². The van der Waals surface area contributed by atoms with Crippen molar-refractivity contribution in [2.45, 2.75) is 38.1 Å². The first kappa shape index (κ1) is 14.3. The van der Waals surface area contributed by atoms with E-state index in [1.807, 2.05) is 0 Å². The van der Waals surface area contributed by atoms with Crippen molar-refractivity contribution >= 4 is 11.8 Å². The molecule has 1 fully saturated rings. The number of nitrogens with zero attached hydrogens (tertiary/aromatic N) is 1. The lowest BCUT2D eigenvalue weighted by atomic mass is 9.95. The number of pyridine rings is 1. The molecule has 2 N–H and O–H groups in total. The Kier molecular flexibility index (Phi) is 4.92. The third-order valence-corrected chi connectivity index (χ3v) is 3.44. The second-order valence-electron chi connectivity index (χ2n) is 5.03. The third kappa shape index (κ3) is 4.22. The highest BCUT2D eigenvalue weighted by Crippen LogP contribution is 2.17. The lowest BCUT2D eigenvalue weighted by Gasteiger charge is -2.22. The van der Waals surface area contributed by atoms with Crippen molar-refractivity contribution in [3.8, 4) is 0 Å². The summed E-state index contributed by atoms with van der Waals surface area (Å²) in [6.45, 7) is -0.0401. The van der Waals surface area contributed by atoms with Crippen molar-refractivity contribution in [1.82, 2.24) is 10.6 Å². The number of nitrogens with one attached hydrogen (secondary N) is 2. The van der Waals surface area contributed by atoms with Crippen LogP contribution in [0, 0.1) is 5.21 Å². The van der Waals surface area contributed by atoms with Gasteiger partial charge < -0.3 is 15.8 Å². The fourth-order valence-corrected chi connectivity index (χ4v) is 2.35. The minimum atomic E-state index is -0.357. The van der Waals surface area contributed by atoms with Crippen LogP contribution >= 0.6 is 0 Å². The molecular formula is C14H19N3O3. The highest BCUT2D eigenvalue weighted by Gasteiger charge is 2.16. The molecule has 1 aliphatic rings. The number of carbonyl (C=O) groups excluding carboxylic acids is 2. The lowest BCUT2D eigenvalue weighted by molar-refractivity contribution is -0.605. The Hall–Kier alpha value is -2.11. The van der Waals surface area contributed by atoms with Gasteiger partial charge in [-0.05, 0) is 12.8 Å². The fourth-order valence-electron chi connectivity index (χ4n) is 2.35. The second kappa shape index (κ2) is 6.88. The topological polar surface area (TPSA) is 85.1 Å². The monoisotopic (exact) mass is 277 g/mol. The van der Waals surface area contributed by atoms with Crippen LogP contribution in [0.1, 0.15) is 42.5 Å². The Morgan fingerprint density at radius 1 is 1.20 bits per heavy atom. The predicted octanol–water partition coefficient (Wildman–Crippen LogP) is 0.499. The van der Waals surface area contributed by atoms with E-state index in [0.717, 1.165) is 25.7 Å². The molecule has 1 heterocycles. The van der Waals surface area contributed by atoms with Crippen LogP contribution in [0.3, 0.4) is 0 Å². The molecular weight excluding hydrogens is 258 g/mol. The molecule has 0 unspecified atom stereocenters. The van der Waals surface area contributed by atoms with Crippen LogP contribution in [-0.4, -0.2) is 24.4 Å². The number of rotatable bonds is 4. The summed E-state index contributed by atoms with van der Waals surface area (Å²) < 4.78 is 0.604. The highest BCUT2D eigenvalue weighted by molar-refractivity contribution is 5.96. The maximum absolute atomic E-state index is 11.8. The van der Waals surface area contributed by atoms with E-state index < -0.39 is 0 Å².